The van der Waals surface area contributed by atoms with E-state index in [1.807, 2.05) is 6.92 Å². The van der Waals surface area contributed by atoms with Crippen LogP contribution in [0.15, 0.2) is 0 Å². The van der Waals surface area contributed by atoms with Crippen molar-refractivity contribution in [1.82, 2.24) is 5.32 Å². The first-order chi connectivity index (χ1) is 6.11. The van der Waals surface area contributed by atoms with Crippen LogP contribution in [-0.4, -0.2) is 29.9 Å². The normalized spacial score (nSPS) is 13.3. The Morgan fingerprint density at radius 1 is 1.46 bits per heavy atom. The monoisotopic (exact) mass is 203 g/mol. The lowest BCUT2D eigenvalue weighted by atomic mass is 10.1. The molecule has 0 aromatic rings. The zero-order valence-corrected chi connectivity index (χ0v) is 9.91. The van der Waals surface area contributed by atoms with Crippen molar-refractivity contribution in [2.75, 3.05) is 12.0 Å². The highest BCUT2D eigenvalue weighted by atomic mass is 32.2. The molecule has 0 fully saturated rings. The summed E-state index contributed by atoms with van der Waals surface area (Å²) in [6.45, 7) is 6.08. The molecule has 0 spiro atoms. The Kier molecular flexibility index (Phi) is 7.38. The predicted molar refractivity (Wildman–Crippen MR) is 60.4 cm³/mol. The van der Waals surface area contributed by atoms with Gasteiger partial charge >= 0.3 is 0 Å². The van der Waals surface area contributed by atoms with Crippen molar-refractivity contribution in [2.45, 2.75) is 45.7 Å². The molecule has 13 heavy (non-hydrogen) atoms. The molecule has 1 atom stereocenters. The zero-order valence-electron chi connectivity index (χ0n) is 9.09. The van der Waals surface area contributed by atoms with E-state index in [4.69, 9.17) is 0 Å². The average Bonchev–Trinajstić information content (AvgIpc) is 2.10. The summed E-state index contributed by atoms with van der Waals surface area (Å²) in [5.74, 6) is 1.39. The quantitative estimate of drug-likeness (QED) is 0.687. The summed E-state index contributed by atoms with van der Waals surface area (Å²) < 4.78 is 0. The summed E-state index contributed by atoms with van der Waals surface area (Å²) in [6, 6.07) is 0.458. The first kappa shape index (κ1) is 13.0. The van der Waals surface area contributed by atoms with E-state index >= 15 is 0 Å². The van der Waals surface area contributed by atoms with E-state index < -0.39 is 0 Å². The van der Waals surface area contributed by atoms with Gasteiger partial charge in [-0.2, -0.15) is 11.8 Å². The number of ketones is 1. The van der Waals surface area contributed by atoms with Crippen LogP contribution in [0.25, 0.3) is 0 Å². The summed E-state index contributed by atoms with van der Waals surface area (Å²) in [7, 11) is 0. The molecule has 78 valence electrons. The Bertz CT molecular complexity index is 148. The molecule has 1 N–H and O–H groups in total. The van der Waals surface area contributed by atoms with Gasteiger partial charge in [-0.25, -0.2) is 0 Å². The summed E-state index contributed by atoms with van der Waals surface area (Å²) in [4.78, 5) is 11.5. The van der Waals surface area contributed by atoms with Gasteiger partial charge in [0, 0.05) is 12.5 Å². The Hall–Kier alpha value is -0.0200. The highest BCUT2D eigenvalue weighted by Gasteiger charge is 2.16. The van der Waals surface area contributed by atoms with E-state index in [0.29, 0.717) is 18.2 Å². The predicted octanol–water partition coefficient (Wildman–Crippen LogP) is 2.09. The third kappa shape index (κ3) is 6.11. The van der Waals surface area contributed by atoms with Crippen LogP contribution < -0.4 is 5.32 Å². The maximum Gasteiger partial charge on any atom is 0.149 e. The zero-order chi connectivity index (χ0) is 10.3. The molecule has 0 bridgehead atoms. The fourth-order valence-electron chi connectivity index (χ4n) is 1.22. The summed E-state index contributed by atoms with van der Waals surface area (Å²) >= 11 is 1.79. The minimum atomic E-state index is 0.0671. The van der Waals surface area contributed by atoms with E-state index in [-0.39, 0.29) is 6.04 Å². The van der Waals surface area contributed by atoms with E-state index in [9.17, 15) is 4.79 Å². The first-order valence-electron chi connectivity index (χ1n) is 4.89. The molecule has 0 saturated heterocycles. The largest absolute Gasteiger partial charge is 0.305 e. The van der Waals surface area contributed by atoms with E-state index in [0.717, 1.165) is 12.2 Å². The van der Waals surface area contributed by atoms with Gasteiger partial charge in [-0.05, 0) is 18.4 Å². The van der Waals surface area contributed by atoms with Crippen molar-refractivity contribution in [2.24, 2.45) is 0 Å². The molecule has 0 amide bonds. The van der Waals surface area contributed by atoms with Crippen molar-refractivity contribution in [3.63, 3.8) is 0 Å². The second-order valence-corrected chi connectivity index (χ2v) is 4.46. The van der Waals surface area contributed by atoms with Gasteiger partial charge in [0.05, 0.1) is 6.04 Å². The molecule has 0 heterocycles. The standard InChI is InChI=1S/C10H21NOS/c1-5-10(12)9(6-7-13-4)11-8(2)3/h8-9,11H,5-7H2,1-4H3/t9-/m1/s1. The average molecular weight is 203 g/mol. The number of carbonyl (C=O) groups excluding carboxylic acids is 1. The number of hydrogen-bond donors (Lipinski definition) is 1. The van der Waals surface area contributed by atoms with Gasteiger partial charge in [0.15, 0.2) is 0 Å². The number of hydrogen-bond acceptors (Lipinski definition) is 3. The lowest BCUT2D eigenvalue weighted by molar-refractivity contribution is -0.121. The maximum atomic E-state index is 11.5. The minimum Gasteiger partial charge on any atom is -0.305 e. The highest BCUT2D eigenvalue weighted by molar-refractivity contribution is 7.98. The van der Waals surface area contributed by atoms with Gasteiger partial charge in [-0.15, -0.1) is 0 Å². The molecular formula is C10H21NOS. The molecule has 0 unspecified atom stereocenters. The van der Waals surface area contributed by atoms with Crippen molar-refractivity contribution in [3.05, 3.63) is 0 Å². The molecule has 0 aromatic heterocycles. The molecule has 0 radical (unpaired) electrons. The van der Waals surface area contributed by atoms with Crippen molar-refractivity contribution in [1.29, 1.82) is 0 Å². The third-order valence-corrected chi connectivity index (χ3v) is 2.53. The fourth-order valence-corrected chi connectivity index (χ4v) is 1.69. The van der Waals surface area contributed by atoms with Crippen LogP contribution >= 0.6 is 11.8 Å². The number of nitrogens with one attached hydrogen (secondary N) is 1. The lowest BCUT2D eigenvalue weighted by Gasteiger charge is -2.19. The molecule has 0 rings (SSSR count). The molecule has 0 aliphatic heterocycles. The number of rotatable bonds is 7. The summed E-state index contributed by atoms with van der Waals surface area (Å²) in [5.41, 5.74) is 0. The van der Waals surface area contributed by atoms with Crippen LogP contribution in [0, 0.1) is 0 Å². The molecule has 0 aromatic carbocycles. The Labute approximate surface area is 85.9 Å². The van der Waals surface area contributed by atoms with Gasteiger partial charge in [0.1, 0.15) is 5.78 Å². The Balaban J connectivity index is 3.94. The van der Waals surface area contributed by atoms with Crippen LogP contribution in [0.3, 0.4) is 0 Å². The summed E-state index contributed by atoms with van der Waals surface area (Å²) in [5, 5.41) is 3.30. The minimum absolute atomic E-state index is 0.0671. The van der Waals surface area contributed by atoms with Crippen LogP contribution in [0.2, 0.25) is 0 Å². The van der Waals surface area contributed by atoms with Crippen LogP contribution in [0.1, 0.15) is 33.6 Å². The number of carbonyl (C=O) groups is 1. The van der Waals surface area contributed by atoms with Crippen molar-refractivity contribution >= 4 is 17.5 Å². The fraction of sp³-hybridized carbons (Fsp3) is 0.900. The van der Waals surface area contributed by atoms with Crippen LogP contribution in [0.5, 0.6) is 0 Å². The van der Waals surface area contributed by atoms with Gasteiger partial charge in [0.2, 0.25) is 0 Å². The van der Waals surface area contributed by atoms with E-state index in [1.54, 1.807) is 11.8 Å². The number of thioether (sulfide) groups is 1. The van der Waals surface area contributed by atoms with Crippen LogP contribution in [-0.2, 0) is 4.79 Å². The van der Waals surface area contributed by atoms with Gasteiger partial charge < -0.3 is 5.32 Å². The van der Waals surface area contributed by atoms with E-state index in [2.05, 4.69) is 25.4 Å². The second-order valence-electron chi connectivity index (χ2n) is 3.48. The smallest absolute Gasteiger partial charge is 0.149 e. The topological polar surface area (TPSA) is 29.1 Å². The first-order valence-corrected chi connectivity index (χ1v) is 6.28. The maximum absolute atomic E-state index is 11.5. The molecule has 3 heteroatoms. The van der Waals surface area contributed by atoms with Gasteiger partial charge in [0.25, 0.3) is 0 Å². The van der Waals surface area contributed by atoms with Crippen LogP contribution in [0.4, 0.5) is 0 Å². The van der Waals surface area contributed by atoms with Gasteiger partial charge in [-0.1, -0.05) is 20.8 Å². The molecule has 0 aliphatic carbocycles. The van der Waals surface area contributed by atoms with E-state index in [1.165, 1.54) is 0 Å². The molecule has 0 aliphatic rings. The SMILES string of the molecule is CCC(=O)[C@@H](CCSC)NC(C)C. The summed E-state index contributed by atoms with van der Waals surface area (Å²) in [6.07, 6.45) is 3.66. The Morgan fingerprint density at radius 2 is 2.08 bits per heavy atom. The number of Topliss-reactive ketones (excluding diaryl/α,β-unsaturated/α-hetero) is 1. The lowest BCUT2D eigenvalue weighted by Crippen LogP contribution is -2.41. The highest BCUT2D eigenvalue weighted by Crippen LogP contribution is 2.04. The molecular weight excluding hydrogens is 182 g/mol. The second kappa shape index (κ2) is 7.39. The molecule has 2 nitrogen and oxygen atoms in total. The van der Waals surface area contributed by atoms with Gasteiger partial charge in [-0.3, -0.25) is 4.79 Å². The third-order valence-electron chi connectivity index (χ3n) is 1.88. The molecule has 0 saturated carbocycles. The van der Waals surface area contributed by atoms with Crippen molar-refractivity contribution in [3.8, 4) is 0 Å². The van der Waals surface area contributed by atoms with Crippen molar-refractivity contribution < 1.29 is 4.79 Å². The Morgan fingerprint density at radius 3 is 2.46 bits per heavy atom.